The summed E-state index contributed by atoms with van der Waals surface area (Å²) in [5.74, 6) is -0.0253. The first-order valence-electron chi connectivity index (χ1n) is 4.42. The van der Waals surface area contributed by atoms with Crippen LogP contribution in [0.5, 0.6) is 5.75 Å². The zero-order valence-corrected chi connectivity index (χ0v) is 7.20. The second-order valence-electron chi connectivity index (χ2n) is 3.57. The van der Waals surface area contributed by atoms with Crippen LogP contribution in [0.1, 0.15) is 24.4 Å². The quantitative estimate of drug-likeness (QED) is 0.732. The SMILES string of the molecule is N[C@H](c1ccc(O)cc1F)C1CC1. The van der Waals surface area contributed by atoms with E-state index in [1.807, 2.05) is 0 Å². The Morgan fingerprint density at radius 1 is 1.46 bits per heavy atom. The van der Waals surface area contributed by atoms with Crippen LogP contribution in [0.3, 0.4) is 0 Å². The van der Waals surface area contributed by atoms with Crippen molar-refractivity contribution in [2.24, 2.45) is 11.7 Å². The zero-order chi connectivity index (χ0) is 9.42. The first-order valence-corrected chi connectivity index (χ1v) is 4.42. The summed E-state index contributed by atoms with van der Waals surface area (Å²) in [5.41, 5.74) is 6.34. The third-order valence-corrected chi connectivity index (χ3v) is 2.47. The van der Waals surface area contributed by atoms with E-state index in [1.54, 1.807) is 6.07 Å². The van der Waals surface area contributed by atoms with Crippen LogP contribution < -0.4 is 5.73 Å². The maximum absolute atomic E-state index is 13.2. The molecule has 0 aromatic heterocycles. The lowest BCUT2D eigenvalue weighted by atomic mass is 10.0. The molecule has 2 nitrogen and oxygen atoms in total. The predicted octanol–water partition coefficient (Wildman–Crippen LogP) is 1.94. The van der Waals surface area contributed by atoms with Crippen molar-refractivity contribution in [1.82, 2.24) is 0 Å². The summed E-state index contributed by atoms with van der Waals surface area (Å²) in [6.45, 7) is 0. The van der Waals surface area contributed by atoms with E-state index in [-0.39, 0.29) is 11.8 Å². The van der Waals surface area contributed by atoms with Gasteiger partial charge in [-0.2, -0.15) is 0 Å². The Hall–Kier alpha value is -1.09. The topological polar surface area (TPSA) is 46.2 Å². The molecule has 0 heterocycles. The molecule has 0 bridgehead atoms. The Kier molecular flexibility index (Phi) is 1.96. The van der Waals surface area contributed by atoms with Crippen molar-refractivity contribution < 1.29 is 9.50 Å². The molecule has 1 aromatic carbocycles. The summed E-state index contributed by atoms with van der Waals surface area (Å²) in [4.78, 5) is 0. The predicted molar refractivity (Wildman–Crippen MR) is 47.7 cm³/mol. The average Bonchev–Trinajstić information content (AvgIpc) is 2.85. The maximum atomic E-state index is 13.2. The van der Waals surface area contributed by atoms with Crippen LogP contribution in [0, 0.1) is 11.7 Å². The largest absolute Gasteiger partial charge is 0.508 e. The minimum absolute atomic E-state index is 0.0516. The molecule has 2 rings (SSSR count). The van der Waals surface area contributed by atoms with Gasteiger partial charge in [-0.3, -0.25) is 0 Å². The Labute approximate surface area is 76.2 Å². The summed E-state index contributed by atoms with van der Waals surface area (Å²) in [6.07, 6.45) is 2.17. The third kappa shape index (κ3) is 1.65. The van der Waals surface area contributed by atoms with Gasteiger partial charge in [0, 0.05) is 17.7 Å². The van der Waals surface area contributed by atoms with Gasteiger partial charge in [-0.1, -0.05) is 6.07 Å². The molecule has 70 valence electrons. The monoisotopic (exact) mass is 181 g/mol. The zero-order valence-electron chi connectivity index (χ0n) is 7.20. The average molecular weight is 181 g/mol. The van der Waals surface area contributed by atoms with E-state index in [0.29, 0.717) is 11.5 Å². The van der Waals surface area contributed by atoms with Crippen LogP contribution >= 0.6 is 0 Å². The van der Waals surface area contributed by atoms with Crippen LogP contribution in [-0.2, 0) is 0 Å². The van der Waals surface area contributed by atoms with Crippen LogP contribution in [-0.4, -0.2) is 5.11 Å². The van der Waals surface area contributed by atoms with Crippen LogP contribution in [0.25, 0.3) is 0 Å². The van der Waals surface area contributed by atoms with E-state index in [2.05, 4.69) is 0 Å². The van der Waals surface area contributed by atoms with E-state index in [4.69, 9.17) is 10.8 Å². The van der Waals surface area contributed by atoms with E-state index < -0.39 is 5.82 Å². The summed E-state index contributed by atoms with van der Waals surface area (Å²) in [5, 5.41) is 8.99. The smallest absolute Gasteiger partial charge is 0.131 e. The van der Waals surface area contributed by atoms with E-state index in [1.165, 1.54) is 6.07 Å². The van der Waals surface area contributed by atoms with Crippen LogP contribution in [0.15, 0.2) is 18.2 Å². The fourth-order valence-electron chi connectivity index (χ4n) is 1.50. The molecule has 1 aromatic rings. The van der Waals surface area contributed by atoms with Gasteiger partial charge in [0.1, 0.15) is 11.6 Å². The van der Waals surface area contributed by atoms with Crippen molar-refractivity contribution in [3.63, 3.8) is 0 Å². The first kappa shape index (κ1) is 8.51. The van der Waals surface area contributed by atoms with Gasteiger partial charge in [0.05, 0.1) is 0 Å². The normalized spacial score (nSPS) is 18.6. The Morgan fingerprint density at radius 2 is 2.15 bits per heavy atom. The highest BCUT2D eigenvalue weighted by Gasteiger charge is 2.30. The highest BCUT2D eigenvalue weighted by Crippen LogP contribution is 2.40. The Bertz CT molecular complexity index is 323. The number of aromatic hydroxyl groups is 1. The number of phenols is 1. The van der Waals surface area contributed by atoms with Crippen molar-refractivity contribution in [2.45, 2.75) is 18.9 Å². The fourth-order valence-corrected chi connectivity index (χ4v) is 1.50. The Balaban J connectivity index is 2.28. The van der Waals surface area contributed by atoms with Crippen molar-refractivity contribution in [2.75, 3.05) is 0 Å². The number of hydrogen-bond acceptors (Lipinski definition) is 2. The van der Waals surface area contributed by atoms with Crippen molar-refractivity contribution in [3.8, 4) is 5.75 Å². The summed E-state index contributed by atoms with van der Waals surface area (Å²) >= 11 is 0. The highest BCUT2D eigenvalue weighted by atomic mass is 19.1. The molecule has 0 amide bonds. The number of benzene rings is 1. The van der Waals surface area contributed by atoms with Gasteiger partial charge >= 0.3 is 0 Å². The van der Waals surface area contributed by atoms with Gasteiger partial charge in [-0.25, -0.2) is 4.39 Å². The minimum atomic E-state index is -0.403. The van der Waals surface area contributed by atoms with Crippen molar-refractivity contribution in [3.05, 3.63) is 29.6 Å². The van der Waals surface area contributed by atoms with Gasteiger partial charge in [0.25, 0.3) is 0 Å². The standard InChI is InChI=1S/C10H12FNO/c11-9-5-7(13)3-4-8(9)10(12)6-1-2-6/h3-6,10,13H,1-2,12H2/t10-/m0/s1. The lowest BCUT2D eigenvalue weighted by Crippen LogP contribution is -2.13. The van der Waals surface area contributed by atoms with Gasteiger partial charge in [-0.15, -0.1) is 0 Å². The van der Waals surface area contributed by atoms with E-state index in [0.717, 1.165) is 18.9 Å². The van der Waals surface area contributed by atoms with E-state index in [9.17, 15) is 4.39 Å². The number of nitrogens with two attached hydrogens (primary N) is 1. The fraction of sp³-hybridized carbons (Fsp3) is 0.400. The minimum Gasteiger partial charge on any atom is -0.508 e. The first-order chi connectivity index (χ1) is 6.18. The number of hydrogen-bond donors (Lipinski definition) is 2. The molecule has 1 fully saturated rings. The van der Waals surface area contributed by atoms with Gasteiger partial charge in [-0.05, 0) is 24.8 Å². The molecular weight excluding hydrogens is 169 g/mol. The molecule has 3 N–H and O–H groups in total. The highest BCUT2D eigenvalue weighted by molar-refractivity contribution is 5.30. The maximum Gasteiger partial charge on any atom is 0.131 e. The third-order valence-electron chi connectivity index (χ3n) is 2.47. The molecule has 0 saturated heterocycles. The molecule has 1 saturated carbocycles. The molecule has 0 radical (unpaired) electrons. The molecule has 3 heteroatoms. The number of halogens is 1. The summed E-state index contributed by atoms with van der Waals surface area (Å²) in [7, 11) is 0. The molecule has 0 aliphatic heterocycles. The molecule has 13 heavy (non-hydrogen) atoms. The lowest BCUT2D eigenvalue weighted by Gasteiger charge is -2.11. The number of rotatable bonds is 2. The lowest BCUT2D eigenvalue weighted by molar-refractivity contribution is 0.465. The molecule has 1 atom stereocenters. The van der Waals surface area contributed by atoms with Gasteiger partial charge in [0.15, 0.2) is 0 Å². The molecular formula is C10H12FNO. The van der Waals surface area contributed by atoms with Crippen LogP contribution in [0.4, 0.5) is 4.39 Å². The van der Waals surface area contributed by atoms with Gasteiger partial charge < -0.3 is 10.8 Å². The Morgan fingerprint density at radius 3 is 2.69 bits per heavy atom. The molecule has 0 unspecified atom stereocenters. The molecule has 0 spiro atoms. The van der Waals surface area contributed by atoms with Crippen molar-refractivity contribution >= 4 is 0 Å². The summed E-state index contributed by atoms with van der Waals surface area (Å²) < 4.78 is 13.2. The van der Waals surface area contributed by atoms with Crippen molar-refractivity contribution in [1.29, 1.82) is 0 Å². The summed E-state index contributed by atoms with van der Waals surface area (Å²) in [6, 6.07) is 3.94. The second-order valence-corrected chi connectivity index (χ2v) is 3.57. The van der Waals surface area contributed by atoms with Crippen LogP contribution in [0.2, 0.25) is 0 Å². The van der Waals surface area contributed by atoms with E-state index >= 15 is 0 Å². The second kappa shape index (κ2) is 3.00. The molecule has 1 aliphatic rings. The number of phenolic OH excluding ortho intramolecular Hbond substituents is 1. The van der Waals surface area contributed by atoms with Gasteiger partial charge in [0.2, 0.25) is 0 Å². The molecule has 1 aliphatic carbocycles.